The molecule has 0 radical (unpaired) electrons. The maximum atomic E-state index is 12.4. The van der Waals surface area contributed by atoms with Crippen molar-refractivity contribution >= 4 is 29.0 Å². The van der Waals surface area contributed by atoms with E-state index in [9.17, 15) is 24.5 Å². The number of esters is 1. The third-order valence-electron chi connectivity index (χ3n) is 3.86. The summed E-state index contributed by atoms with van der Waals surface area (Å²) in [4.78, 5) is 46.3. The summed E-state index contributed by atoms with van der Waals surface area (Å²) in [6.07, 6.45) is 0. The minimum Gasteiger partial charge on any atom is -0.493 e. The number of methoxy groups -OCH3 is 1. The van der Waals surface area contributed by atoms with Crippen molar-refractivity contribution in [2.45, 2.75) is 13.8 Å². The molecule has 0 spiro atoms. The van der Waals surface area contributed by atoms with Crippen LogP contribution in [-0.4, -0.2) is 42.9 Å². The molecular weight excluding hydrogens is 396 g/mol. The Balaban J connectivity index is 2.16. The number of Topliss-reactive ketones (excluding diaryl/α,β-unsaturated/α-hetero) is 1. The Morgan fingerprint density at radius 3 is 2.30 bits per heavy atom. The molecule has 2 aromatic rings. The summed E-state index contributed by atoms with van der Waals surface area (Å²) >= 11 is 0. The van der Waals surface area contributed by atoms with E-state index in [4.69, 9.17) is 14.2 Å². The fraction of sp³-hybridized carbons (Fsp3) is 0.250. The highest BCUT2D eigenvalue weighted by Crippen LogP contribution is 2.35. The van der Waals surface area contributed by atoms with Crippen LogP contribution in [0.5, 0.6) is 11.5 Å². The Kier molecular flexibility index (Phi) is 7.45. The van der Waals surface area contributed by atoms with E-state index < -0.39 is 29.0 Å². The van der Waals surface area contributed by atoms with Gasteiger partial charge in [-0.25, -0.2) is 4.79 Å². The summed E-state index contributed by atoms with van der Waals surface area (Å²) in [5.74, 6) is -1.59. The summed E-state index contributed by atoms with van der Waals surface area (Å²) in [5.41, 5.74) is -0.144. The molecule has 0 aromatic heterocycles. The van der Waals surface area contributed by atoms with Crippen LogP contribution in [0.2, 0.25) is 0 Å². The number of ether oxygens (including phenoxy) is 3. The fourth-order valence-corrected chi connectivity index (χ4v) is 2.53. The molecule has 0 saturated heterocycles. The number of carbonyl (C=O) groups is 3. The molecule has 0 fully saturated rings. The molecule has 0 bridgehead atoms. The van der Waals surface area contributed by atoms with Crippen LogP contribution in [-0.2, 0) is 9.53 Å². The van der Waals surface area contributed by atoms with E-state index in [2.05, 4.69) is 5.32 Å². The number of carbonyl (C=O) groups excluding carboxylic acids is 3. The van der Waals surface area contributed by atoms with E-state index in [1.165, 1.54) is 38.3 Å². The Morgan fingerprint density at radius 1 is 1.10 bits per heavy atom. The number of nitro benzene ring substituents is 1. The van der Waals surface area contributed by atoms with Gasteiger partial charge in [0.1, 0.15) is 5.56 Å². The Labute approximate surface area is 171 Å². The van der Waals surface area contributed by atoms with Crippen LogP contribution in [0.3, 0.4) is 0 Å². The number of hydrogen-bond acceptors (Lipinski definition) is 8. The number of anilines is 1. The molecule has 2 aromatic carbocycles. The van der Waals surface area contributed by atoms with Gasteiger partial charge in [0.05, 0.1) is 24.7 Å². The predicted molar refractivity (Wildman–Crippen MR) is 106 cm³/mol. The highest BCUT2D eigenvalue weighted by molar-refractivity contribution is 6.01. The number of rotatable bonds is 9. The molecule has 1 amide bonds. The van der Waals surface area contributed by atoms with Crippen molar-refractivity contribution < 1.29 is 33.5 Å². The normalized spacial score (nSPS) is 10.1. The lowest BCUT2D eigenvalue weighted by molar-refractivity contribution is -0.385. The van der Waals surface area contributed by atoms with E-state index in [1.54, 1.807) is 6.92 Å². The van der Waals surface area contributed by atoms with Gasteiger partial charge in [0.15, 0.2) is 23.9 Å². The lowest BCUT2D eigenvalue weighted by atomic mass is 10.1. The van der Waals surface area contributed by atoms with Crippen LogP contribution in [0, 0.1) is 10.1 Å². The molecule has 10 nitrogen and oxygen atoms in total. The van der Waals surface area contributed by atoms with Gasteiger partial charge in [0, 0.05) is 24.2 Å². The molecular formula is C20H20N2O8. The third-order valence-corrected chi connectivity index (χ3v) is 3.86. The Hall–Kier alpha value is -3.95. The Morgan fingerprint density at radius 2 is 1.77 bits per heavy atom. The second-order valence-corrected chi connectivity index (χ2v) is 5.97. The van der Waals surface area contributed by atoms with Gasteiger partial charge in [0.2, 0.25) is 5.91 Å². The minimum absolute atomic E-state index is 0.110. The Bertz CT molecular complexity index is 970. The van der Waals surface area contributed by atoms with Crippen LogP contribution in [0.4, 0.5) is 11.4 Å². The number of nitrogens with zero attached hydrogens (tertiary/aromatic N) is 1. The second-order valence-electron chi connectivity index (χ2n) is 5.97. The van der Waals surface area contributed by atoms with E-state index in [0.717, 1.165) is 12.1 Å². The van der Waals surface area contributed by atoms with E-state index in [0.29, 0.717) is 5.69 Å². The molecule has 0 heterocycles. The second kappa shape index (κ2) is 10.0. The fourth-order valence-electron chi connectivity index (χ4n) is 2.53. The topological polar surface area (TPSA) is 134 Å². The number of benzene rings is 2. The van der Waals surface area contributed by atoms with Gasteiger partial charge >= 0.3 is 5.97 Å². The van der Waals surface area contributed by atoms with Gasteiger partial charge in [-0.2, -0.15) is 0 Å². The summed E-state index contributed by atoms with van der Waals surface area (Å²) in [7, 11) is 1.33. The molecule has 0 saturated carbocycles. The maximum absolute atomic E-state index is 12.4. The van der Waals surface area contributed by atoms with E-state index >= 15 is 0 Å². The van der Waals surface area contributed by atoms with Crippen molar-refractivity contribution in [3.05, 3.63) is 57.6 Å². The predicted octanol–water partition coefficient (Wildman–Crippen LogP) is 3.00. The van der Waals surface area contributed by atoms with Crippen molar-refractivity contribution in [1.29, 1.82) is 0 Å². The van der Waals surface area contributed by atoms with Gasteiger partial charge in [0.25, 0.3) is 5.69 Å². The molecule has 2 rings (SSSR count). The zero-order valence-electron chi connectivity index (χ0n) is 16.6. The van der Waals surface area contributed by atoms with Crippen LogP contribution in [0.15, 0.2) is 36.4 Å². The number of ketones is 1. The first-order chi connectivity index (χ1) is 14.3. The van der Waals surface area contributed by atoms with Crippen molar-refractivity contribution in [3.8, 4) is 11.5 Å². The monoisotopic (exact) mass is 416 g/mol. The van der Waals surface area contributed by atoms with Gasteiger partial charge in [-0.3, -0.25) is 19.7 Å². The maximum Gasteiger partial charge on any atom is 0.345 e. The molecule has 0 aliphatic heterocycles. The van der Waals surface area contributed by atoms with Crippen LogP contribution in [0.25, 0.3) is 0 Å². The summed E-state index contributed by atoms with van der Waals surface area (Å²) < 4.78 is 15.4. The van der Waals surface area contributed by atoms with E-state index in [-0.39, 0.29) is 35.1 Å². The lowest BCUT2D eigenvalue weighted by Crippen LogP contribution is -2.16. The zero-order chi connectivity index (χ0) is 22.3. The first-order valence-corrected chi connectivity index (χ1v) is 8.84. The van der Waals surface area contributed by atoms with Crippen molar-refractivity contribution in [1.82, 2.24) is 0 Å². The highest BCUT2D eigenvalue weighted by atomic mass is 16.6. The molecule has 1 N–H and O–H groups in total. The molecule has 0 aliphatic rings. The van der Waals surface area contributed by atoms with Crippen LogP contribution >= 0.6 is 0 Å². The van der Waals surface area contributed by atoms with Crippen molar-refractivity contribution in [2.75, 3.05) is 25.6 Å². The van der Waals surface area contributed by atoms with Gasteiger partial charge in [-0.1, -0.05) is 0 Å². The molecule has 0 aliphatic carbocycles. The molecule has 10 heteroatoms. The van der Waals surface area contributed by atoms with Crippen molar-refractivity contribution in [2.24, 2.45) is 0 Å². The van der Waals surface area contributed by atoms with Gasteiger partial charge < -0.3 is 19.5 Å². The molecule has 30 heavy (non-hydrogen) atoms. The summed E-state index contributed by atoms with van der Waals surface area (Å²) in [5, 5.41) is 13.9. The van der Waals surface area contributed by atoms with E-state index in [1.807, 2.05) is 0 Å². The first kappa shape index (κ1) is 22.3. The van der Waals surface area contributed by atoms with Gasteiger partial charge in [-0.15, -0.1) is 0 Å². The summed E-state index contributed by atoms with van der Waals surface area (Å²) in [6.45, 7) is 2.67. The lowest BCUT2D eigenvalue weighted by Gasteiger charge is -2.11. The number of nitro groups is 1. The number of amides is 1. The standard InChI is InChI=1S/C20H20N2O8/c1-4-29-19-10-16(22(26)27)15(9-18(19)28-3)20(25)30-11-17(24)13-5-7-14(8-6-13)21-12(2)23/h5-10H,4,11H2,1-3H3,(H,21,23). The summed E-state index contributed by atoms with van der Waals surface area (Å²) in [6, 6.07) is 8.19. The third kappa shape index (κ3) is 5.53. The first-order valence-electron chi connectivity index (χ1n) is 8.84. The van der Waals surface area contributed by atoms with Crippen molar-refractivity contribution in [3.63, 3.8) is 0 Å². The quantitative estimate of drug-likeness (QED) is 0.285. The molecule has 0 unspecified atom stereocenters. The average molecular weight is 416 g/mol. The highest BCUT2D eigenvalue weighted by Gasteiger charge is 2.26. The van der Waals surface area contributed by atoms with Gasteiger partial charge in [-0.05, 0) is 31.2 Å². The molecule has 158 valence electrons. The largest absolute Gasteiger partial charge is 0.493 e. The molecule has 0 atom stereocenters. The van der Waals surface area contributed by atoms with Crippen LogP contribution < -0.4 is 14.8 Å². The minimum atomic E-state index is -1.05. The zero-order valence-corrected chi connectivity index (χ0v) is 16.6. The SMILES string of the molecule is CCOc1cc([N+](=O)[O-])c(C(=O)OCC(=O)c2ccc(NC(C)=O)cc2)cc1OC. The number of nitrogens with one attached hydrogen (secondary N) is 1. The average Bonchev–Trinajstić information content (AvgIpc) is 2.71. The number of hydrogen-bond donors (Lipinski definition) is 1. The van der Waals surface area contributed by atoms with Crippen LogP contribution in [0.1, 0.15) is 34.6 Å². The smallest absolute Gasteiger partial charge is 0.345 e.